The molecule has 170 valence electrons. The van der Waals surface area contributed by atoms with Crippen LogP contribution in [0.4, 0.5) is 11.4 Å². The maximum atomic E-state index is 12.4. The average Bonchev–Trinajstić information content (AvgIpc) is 3.50. The van der Waals surface area contributed by atoms with E-state index in [-0.39, 0.29) is 17.9 Å². The molecule has 1 aromatic carbocycles. The van der Waals surface area contributed by atoms with Crippen molar-refractivity contribution in [1.29, 1.82) is 0 Å². The summed E-state index contributed by atoms with van der Waals surface area (Å²) in [6.07, 6.45) is 9.21. The Hall–Kier alpha value is -3.19. The van der Waals surface area contributed by atoms with E-state index in [1.54, 1.807) is 0 Å². The van der Waals surface area contributed by atoms with Gasteiger partial charge in [-0.05, 0) is 67.0 Å². The standard InChI is InChI=1S/C26H29N5O2/c32-25(28-20-5-6-20)21-7-4-19(15-27-21)18-9-12-30(13-10-18)16-17-3-8-23-22(14-17)29-26(33)24-2-1-11-31(23)24/h3-4,7-9,14-15,20,24H,1-2,5-6,10-13,16H2,(H,28,32)(H,29,33)/t24-/m0/s1. The predicted octanol–water partition coefficient (Wildman–Crippen LogP) is 3.18. The van der Waals surface area contributed by atoms with Crippen molar-refractivity contribution in [3.05, 3.63) is 59.4 Å². The lowest BCUT2D eigenvalue weighted by Crippen LogP contribution is -2.43. The van der Waals surface area contributed by atoms with Crippen molar-refractivity contribution in [2.75, 3.05) is 29.9 Å². The van der Waals surface area contributed by atoms with E-state index in [1.807, 2.05) is 18.3 Å². The number of amides is 2. The van der Waals surface area contributed by atoms with Crippen molar-refractivity contribution in [3.8, 4) is 0 Å². The van der Waals surface area contributed by atoms with Crippen LogP contribution >= 0.6 is 0 Å². The Morgan fingerprint density at radius 1 is 1.15 bits per heavy atom. The number of benzene rings is 1. The highest BCUT2D eigenvalue weighted by atomic mass is 16.2. The second kappa shape index (κ2) is 8.30. The van der Waals surface area contributed by atoms with E-state index in [9.17, 15) is 9.59 Å². The van der Waals surface area contributed by atoms with Crippen molar-refractivity contribution in [2.45, 2.75) is 50.7 Å². The molecule has 1 atom stereocenters. The van der Waals surface area contributed by atoms with Crippen molar-refractivity contribution in [2.24, 2.45) is 0 Å². The molecule has 2 aromatic rings. The predicted molar refractivity (Wildman–Crippen MR) is 128 cm³/mol. The molecule has 0 radical (unpaired) electrons. The molecule has 3 aliphatic heterocycles. The van der Waals surface area contributed by atoms with Gasteiger partial charge in [-0.1, -0.05) is 18.2 Å². The summed E-state index contributed by atoms with van der Waals surface area (Å²) >= 11 is 0. The molecular formula is C26H29N5O2. The van der Waals surface area contributed by atoms with Gasteiger partial charge in [-0.25, -0.2) is 0 Å². The first-order chi connectivity index (χ1) is 16.1. The highest BCUT2D eigenvalue weighted by Gasteiger charge is 2.36. The zero-order chi connectivity index (χ0) is 22.4. The van der Waals surface area contributed by atoms with Gasteiger partial charge in [-0.15, -0.1) is 0 Å². The maximum absolute atomic E-state index is 12.4. The molecule has 2 amide bonds. The van der Waals surface area contributed by atoms with Crippen LogP contribution in [0.3, 0.4) is 0 Å². The molecule has 2 N–H and O–H groups in total. The van der Waals surface area contributed by atoms with E-state index in [2.05, 4.69) is 49.7 Å². The summed E-state index contributed by atoms with van der Waals surface area (Å²) in [7, 11) is 0. The molecule has 1 aliphatic carbocycles. The van der Waals surface area contributed by atoms with Gasteiger partial charge in [0, 0.05) is 38.4 Å². The Labute approximate surface area is 193 Å². The van der Waals surface area contributed by atoms with Crippen LogP contribution in [0, 0.1) is 0 Å². The highest BCUT2D eigenvalue weighted by molar-refractivity contribution is 6.04. The second-order valence-corrected chi connectivity index (χ2v) is 9.59. The molecule has 2 fully saturated rings. The summed E-state index contributed by atoms with van der Waals surface area (Å²) in [4.78, 5) is 33.6. The first kappa shape index (κ1) is 20.4. The van der Waals surface area contributed by atoms with Gasteiger partial charge in [0.1, 0.15) is 11.7 Å². The van der Waals surface area contributed by atoms with Crippen LogP contribution in [-0.2, 0) is 11.3 Å². The van der Waals surface area contributed by atoms with Crippen LogP contribution in [0.2, 0.25) is 0 Å². The lowest BCUT2D eigenvalue weighted by atomic mass is 10.00. The summed E-state index contributed by atoms with van der Waals surface area (Å²) in [5.74, 6) is 0.0571. The molecule has 33 heavy (non-hydrogen) atoms. The van der Waals surface area contributed by atoms with E-state index in [0.29, 0.717) is 11.7 Å². The SMILES string of the molecule is O=C(NC1CC1)c1ccc(C2=CCN(Cc3ccc4c(c3)NC(=O)[C@@H]3CCCN43)CC2)cn1. The van der Waals surface area contributed by atoms with Gasteiger partial charge in [0.05, 0.1) is 11.4 Å². The lowest BCUT2D eigenvalue weighted by Gasteiger charge is -2.33. The van der Waals surface area contributed by atoms with Crippen LogP contribution in [-0.4, -0.2) is 53.4 Å². The quantitative estimate of drug-likeness (QED) is 0.742. The Kier molecular flexibility index (Phi) is 5.14. The fourth-order valence-corrected chi connectivity index (χ4v) is 5.16. The van der Waals surface area contributed by atoms with Gasteiger partial charge >= 0.3 is 0 Å². The number of carbonyl (C=O) groups is 2. The van der Waals surface area contributed by atoms with Gasteiger partial charge < -0.3 is 15.5 Å². The van der Waals surface area contributed by atoms with Crippen molar-refractivity contribution in [1.82, 2.24) is 15.2 Å². The zero-order valence-electron chi connectivity index (χ0n) is 18.7. The molecular weight excluding hydrogens is 414 g/mol. The van der Waals surface area contributed by atoms with Crippen LogP contribution in [0.5, 0.6) is 0 Å². The third-order valence-corrected chi connectivity index (χ3v) is 7.16. The summed E-state index contributed by atoms with van der Waals surface area (Å²) in [6.45, 7) is 3.66. The Morgan fingerprint density at radius 3 is 2.82 bits per heavy atom. The van der Waals surface area contributed by atoms with Crippen molar-refractivity contribution >= 4 is 28.8 Å². The second-order valence-electron chi connectivity index (χ2n) is 9.59. The highest BCUT2D eigenvalue weighted by Crippen LogP contribution is 2.37. The molecule has 1 saturated heterocycles. The van der Waals surface area contributed by atoms with Crippen LogP contribution in [0.25, 0.3) is 5.57 Å². The van der Waals surface area contributed by atoms with Crippen LogP contribution in [0.15, 0.2) is 42.6 Å². The van der Waals surface area contributed by atoms with E-state index in [1.165, 1.54) is 11.1 Å². The van der Waals surface area contributed by atoms with Gasteiger partial charge in [0.25, 0.3) is 5.91 Å². The molecule has 1 saturated carbocycles. The molecule has 0 spiro atoms. The monoisotopic (exact) mass is 443 g/mol. The number of nitrogens with zero attached hydrogens (tertiary/aromatic N) is 3. The van der Waals surface area contributed by atoms with Gasteiger partial charge in [-0.3, -0.25) is 19.5 Å². The number of pyridine rings is 1. The summed E-state index contributed by atoms with van der Waals surface area (Å²) < 4.78 is 0. The molecule has 0 bridgehead atoms. The molecule has 1 aromatic heterocycles. The molecule has 4 heterocycles. The fourth-order valence-electron chi connectivity index (χ4n) is 5.16. The molecule has 7 heteroatoms. The number of rotatable bonds is 5. The van der Waals surface area contributed by atoms with Crippen LogP contribution < -0.4 is 15.5 Å². The summed E-state index contributed by atoms with van der Waals surface area (Å²) in [5, 5.41) is 6.10. The number of anilines is 2. The van der Waals surface area contributed by atoms with E-state index >= 15 is 0 Å². The third-order valence-electron chi connectivity index (χ3n) is 7.16. The maximum Gasteiger partial charge on any atom is 0.270 e. The number of hydrogen-bond acceptors (Lipinski definition) is 5. The summed E-state index contributed by atoms with van der Waals surface area (Å²) in [5.41, 5.74) is 6.18. The topological polar surface area (TPSA) is 77.6 Å². The number of nitrogens with one attached hydrogen (secondary N) is 2. The fraction of sp³-hybridized carbons (Fsp3) is 0.423. The number of carbonyl (C=O) groups excluding carboxylic acids is 2. The normalized spacial score (nSPS) is 22.3. The number of aromatic nitrogens is 1. The van der Waals surface area contributed by atoms with Crippen molar-refractivity contribution < 1.29 is 9.59 Å². The van der Waals surface area contributed by atoms with Crippen molar-refractivity contribution in [3.63, 3.8) is 0 Å². The van der Waals surface area contributed by atoms with E-state index < -0.39 is 0 Å². The Morgan fingerprint density at radius 2 is 2.06 bits per heavy atom. The summed E-state index contributed by atoms with van der Waals surface area (Å²) in [6, 6.07) is 10.7. The largest absolute Gasteiger partial charge is 0.358 e. The Bertz CT molecular complexity index is 1120. The number of fused-ring (bicyclic) bond motifs is 3. The zero-order valence-corrected chi connectivity index (χ0v) is 18.7. The minimum atomic E-state index is -0.0747. The average molecular weight is 444 g/mol. The molecule has 0 unspecified atom stereocenters. The number of hydrogen-bond donors (Lipinski definition) is 2. The smallest absolute Gasteiger partial charge is 0.270 e. The molecule has 7 nitrogen and oxygen atoms in total. The van der Waals surface area contributed by atoms with Gasteiger partial charge in [-0.2, -0.15) is 0 Å². The van der Waals surface area contributed by atoms with Crippen LogP contribution in [0.1, 0.15) is 53.7 Å². The van der Waals surface area contributed by atoms with Gasteiger partial charge in [0.2, 0.25) is 5.91 Å². The minimum Gasteiger partial charge on any atom is -0.358 e. The first-order valence-electron chi connectivity index (χ1n) is 12.0. The minimum absolute atomic E-state index is 0.00476. The van der Waals surface area contributed by atoms with E-state index in [4.69, 9.17) is 0 Å². The van der Waals surface area contributed by atoms with Gasteiger partial charge in [0.15, 0.2) is 0 Å². The lowest BCUT2D eigenvalue weighted by molar-refractivity contribution is -0.117. The van der Waals surface area contributed by atoms with E-state index in [0.717, 1.165) is 75.2 Å². The Balaban J connectivity index is 1.09. The first-order valence-corrected chi connectivity index (χ1v) is 12.0. The molecule has 6 rings (SSSR count). The molecule has 4 aliphatic rings. The third kappa shape index (κ3) is 4.13.